The van der Waals surface area contributed by atoms with Gasteiger partial charge in [0.1, 0.15) is 0 Å². The molecule has 0 unspecified atom stereocenters. The van der Waals surface area contributed by atoms with Gasteiger partial charge in [-0.15, -0.1) is 0 Å². The highest BCUT2D eigenvalue weighted by Crippen LogP contribution is 2.52. The summed E-state index contributed by atoms with van der Waals surface area (Å²) in [5.74, 6) is 0. The zero-order chi connectivity index (χ0) is 74.9. The van der Waals surface area contributed by atoms with E-state index >= 15 is 0 Å². The molecule has 5 heteroatoms. The van der Waals surface area contributed by atoms with Gasteiger partial charge in [0.05, 0.1) is 33.4 Å². The lowest BCUT2D eigenvalue weighted by Gasteiger charge is -2.45. The molecule has 17 rings (SSSR count). The van der Waals surface area contributed by atoms with E-state index in [4.69, 9.17) is 0 Å². The summed E-state index contributed by atoms with van der Waals surface area (Å²) < 4.78 is 5.16. The van der Waals surface area contributed by atoms with Crippen molar-refractivity contribution in [2.24, 2.45) is 27.1 Å². The van der Waals surface area contributed by atoms with Crippen LogP contribution in [0.2, 0.25) is 0 Å². The molecule has 0 N–H and O–H groups in total. The lowest BCUT2D eigenvalue weighted by molar-refractivity contribution is 0.411. The van der Waals surface area contributed by atoms with E-state index in [2.05, 4.69) is 402 Å². The third-order valence-corrected chi connectivity index (χ3v) is 21.9. The molecule has 0 fully saturated rings. The predicted molar refractivity (Wildman–Crippen MR) is 467 cm³/mol. The van der Waals surface area contributed by atoms with Crippen LogP contribution >= 0.6 is 0 Å². The van der Waals surface area contributed by atoms with Gasteiger partial charge in [0.2, 0.25) is 0 Å². The Hall–Kier alpha value is -10.9. The molecule has 0 amide bonds. The van der Waals surface area contributed by atoms with Crippen LogP contribution in [0.5, 0.6) is 0 Å². The lowest BCUT2D eigenvalue weighted by atomic mass is 9.33. The quantitative estimate of drug-likeness (QED) is 0.107. The van der Waals surface area contributed by atoms with Crippen LogP contribution in [0.25, 0.3) is 99.5 Å². The van der Waals surface area contributed by atoms with Crippen molar-refractivity contribution in [3.8, 4) is 55.9 Å². The van der Waals surface area contributed by atoms with E-state index in [0.717, 1.165) is 99.6 Å². The van der Waals surface area contributed by atoms with E-state index in [1.165, 1.54) is 110 Å². The van der Waals surface area contributed by atoms with Crippen LogP contribution in [0.3, 0.4) is 0 Å². The Morgan fingerprint density at radius 2 is 0.528 bits per heavy atom. The van der Waals surface area contributed by atoms with Crippen LogP contribution in [0.4, 0.5) is 34.1 Å². The number of fused-ring (bicyclic) bond motifs is 10. The van der Waals surface area contributed by atoms with E-state index in [-0.39, 0.29) is 33.8 Å². The van der Waals surface area contributed by atoms with Crippen molar-refractivity contribution in [1.29, 1.82) is 0 Å². The number of hydrogen-bond donors (Lipinski definition) is 0. The van der Waals surface area contributed by atoms with Gasteiger partial charge < -0.3 is 18.9 Å². The molecule has 0 atom stereocenters. The van der Waals surface area contributed by atoms with E-state index in [1.807, 2.05) is 0 Å². The van der Waals surface area contributed by atoms with Gasteiger partial charge in [0.15, 0.2) is 0 Å². The van der Waals surface area contributed by atoms with Crippen LogP contribution in [-0.2, 0) is 32.1 Å². The molecule has 4 heterocycles. The van der Waals surface area contributed by atoms with Crippen LogP contribution in [0.1, 0.15) is 132 Å². The molecule has 536 valence electrons. The lowest BCUT2D eigenvalue weighted by Crippen LogP contribution is -2.61. The van der Waals surface area contributed by atoms with E-state index in [1.54, 1.807) is 0 Å². The van der Waals surface area contributed by atoms with Crippen molar-refractivity contribution in [2.45, 2.75) is 136 Å². The second kappa shape index (κ2) is 26.5. The predicted octanol–water partition coefficient (Wildman–Crippen LogP) is 26.6. The van der Waals surface area contributed by atoms with Crippen molar-refractivity contribution in [2.75, 3.05) is 9.80 Å². The van der Waals surface area contributed by atoms with Crippen molar-refractivity contribution in [3.63, 3.8) is 0 Å². The van der Waals surface area contributed by atoms with Crippen molar-refractivity contribution in [1.82, 2.24) is 9.13 Å². The average Bonchev–Trinajstić information content (AvgIpc) is 0.766. The van der Waals surface area contributed by atoms with Crippen LogP contribution in [-0.4, -0.2) is 15.8 Å². The Morgan fingerprint density at radius 1 is 0.231 bits per heavy atom. The molecule has 0 saturated carbocycles. The molecule has 2 aliphatic heterocycles. The molecule has 0 saturated heterocycles. The smallest absolute Gasteiger partial charge is 0.252 e. The van der Waals surface area contributed by atoms with Crippen LogP contribution in [0, 0.1) is 27.1 Å². The van der Waals surface area contributed by atoms with E-state index in [9.17, 15) is 0 Å². The SMILES string of the molecule is CC(C)(C)Cc1cc2c3c(c1)N(c1cc(-c4ccccc4)ccc1-c1ccccc1)c1cc(-n4c5ccc(CC(C)(C)C)cc5c5cc(CC(C)(C)C)ccc54)ccc1B3c1ccc(-n3c4ccc(CC(C)(C)C)cc4c4cc(CC(C)(C)C)ccc43)cc1N2c1cc(-c2ccccc2)ccc1-c1ccccc1. The summed E-state index contributed by atoms with van der Waals surface area (Å²) in [6, 6.07) is 108. The first-order valence-corrected chi connectivity index (χ1v) is 39.3. The number of aromatic nitrogens is 2. The Morgan fingerprint density at radius 3 is 0.833 bits per heavy atom. The zero-order valence-corrected chi connectivity index (χ0v) is 66.0. The topological polar surface area (TPSA) is 16.3 Å². The number of anilines is 6. The molecule has 2 aromatic heterocycles. The minimum atomic E-state index is -0.203. The maximum Gasteiger partial charge on any atom is 0.252 e. The molecule has 0 aliphatic carbocycles. The Kier molecular flexibility index (Phi) is 17.2. The van der Waals surface area contributed by atoms with Crippen molar-refractivity contribution < 1.29 is 0 Å². The van der Waals surface area contributed by atoms with E-state index in [0.29, 0.717) is 0 Å². The van der Waals surface area contributed by atoms with Crippen molar-refractivity contribution in [3.05, 3.63) is 307 Å². The van der Waals surface area contributed by atoms with Gasteiger partial charge in [-0.05, 0) is 234 Å². The molecule has 0 bridgehead atoms. The summed E-state index contributed by atoms with van der Waals surface area (Å²) in [5, 5.41) is 5.18. The first-order chi connectivity index (χ1) is 51.6. The number of nitrogens with zero attached hydrogens (tertiary/aromatic N) is 4. The van der Waals surface area contributed by atoms with Gasteiger partial charge in [0.25, 0.3) is 6.71 Å². The molecule has 15 aromatic rings. The summed E-state index contributed by atoms with van der Waals surface area (Å²) >= 11 is 0. The normalized spacial score (nSPS) is 13.3. The minimum absolute atomic E-state index is 0.0770. The van der Waals surface area contributed by atoms with Crippen molar-refractivity contribution >= 4 is 101 Å². The molecule has 2 aliphatic rings. The molecule has 0 spiro atoms. The summed E-state index contributed by atoms with van der Waals surface area (Å²) in [4.78, 5) is 5.42. The van der Waals surface area contributed by atoms with Gasteiger partial charge >= 0.3 is 0 Å². The van der Waals surface area contributed by atoms with Gasteiger partial charge in [-0.1, -0.05) is 286 Å². The number of rotatable bonds is 13. The second-order valence-corrected chi connectivity index (χ2v) is 37.3. The maximum absolute atomic E-state index is 2.71. The number of hydrogen-bond acceptors (Lipinski definition) is 2. The minimum Gasteiger partial charge on any atom is -0.311 e. The fourth-order valence-electron chi connectivity index (χ4n) is 18.0. The average molecular weight is 1410 g/mol. The molecular formula is C103H101BN4. The van der Waals surface area contributed by atoms with Crippen LogP contribution in [0.15, 0.2) is 279 Å². The first-order valence-electron chi connectivity index (χ1n) is 39.3. The molecule has 13 aromatic carbocycles. The molecule has 0 radical (unpaired) electrons. The third kappa shape index (κ3) is 13.5. The van der Waals surface area contributed by atoms with Gasteiger partial charge in [-0.25, -0.2) is 0 Å². The fourth-order valence-corrected chi connectivity index (χ4v) is 18.0. The fraction of sp³-hybridized carbons (Fsp3) is 0.243. The second-order valence-electron chi connectivity index (χ2n) is 37.3. The van der Waals surface area contributed by atoms with Gasteiger partial charge in [-0.2, -0.15) is 0 Å². The highest BCUT2D eigenvalue weighted by molar-refractivity contribution is 7.00. The summed E-state index contributed by atoms with van der Waals surface area (Å²) in [6.45, 7) is 35.3. The first kappa shape index (κ1) is 70.1. The monoisotopic (exact) mass is 1400 g/mol. The zero-order valence-electron chi connectivity index (χ0n) is 66.0. The van der Waals surface area contributed by atoms with Crippen LogP contribution < -0.4 is 26.2 Å². The summed E-state index contributed by atoms with van der Waals surface area (Å²) in [7, 11) is 0. The largest absolute Gasteiger partial charge is 0.311 e. The third-order valence-electron chi connectivity index (χ3n) is 21.9. The van der Waals surface area contributed by atoms with Gasteiger partial charge in [-0.3, -0.25) is 0 Å². The standard InChI is InChI=1S/C103H101BN4/c1-99(2,3)62-67-36-48-88-82(52-67)83-53-68(63-100(4,5)6)37-49-89(83)105(88)78-42-46-86-94(60-78)107(92-58-76(72-28-20-16-21-29-72)40-44-80(92)74-32-24-18-25-33-74)96-56-71(66-103(13,14)15)57-97-98(96)104(86)87-47-43-79(61-95(87)108(97)93-59-77(73-30-22-17-23-31-73)41-45-81(93)75-34-26-19-27-35-75)106-90-50-38-69(64-101(7,8)9)54-84(90)85-55-70(39-51-91(85)106)65-102(10,11)12/h16-61H,62-66H2,1-15H3. The number of benzene rings is 13. The van der Waals surface area contributed by atoms with E-state index < -0.39 is 0 Å². The molecule has 4 nitrogen and oxygen atoms in total. The Balaban J connectivity index is 1.00. The molecular weight excluding hydrogens is 1300 g/mol. The summed E-state index contributed by atoms with van der Waals surface area (Å²) in [5.41, 5.74) is 34.3. The Labute approximate surface area is 641 Å². The molecule has 108 heavy (non-hydrogen) atoms. The maximum atomic E-state index is 2.71. The Bertz CT molecular complexity index is 5470. The highest BCUT2D eigenvalue weighted by Gasteiger charge is 2.45. The van der Waals surface area contributed by atoms with Gasteiger partial charge in [0, 0.05) is 66.8 Å². The highest BCUT2D eigenvalue weighted by atomic mass is 15.2. The summed E-state index contributed by atoms with van der Waals surface area (Å²) in [6.07, 6.45) is 4.78.